The Morgan fingerprint density at radius 3 is 1.55 bits per heavy atom. The van der Waals surface area contributed by atoms with E-state index in [0.717, 1.165) is 17.5 Å². The van der Waals surface area contributed by atoms with Crippen LogP contribution in [-0.4, -0.2) is 41.6 Å². The molecule has 8 nitrogen and oxygen atoms in total. The Bertz CT molecular complexity index is 1180. The summed E-state index contributed by atoms with van der Waals surface area (Å²) < 4.78 is 9.11. The lowest BCUT2D eigenvalue weighted by molar-refractivity contribution is -0.153. The van der Waals surface area contributed by atoms with Crippen LogP contribution in [-0.2, 0) is 47.9 Å². The van der Waals surface area contributed by atoms with Crippen LogP contribution in [0.2, 0.25) is 0 Å². The Morgan fingerprint density at radius 1 is 0.786 bits per heavy atom. The van der Waals surface area contributed by atoms with Gasteiger partial charge in [-0.1, -0.05) is 119 Å². The van der Waals surface area contributed by atoms with Crippen molar-refractivity contribution in [2.75, 3.05) is 7.11 Å². The largest absolute Gasteiger partial charge is 0.481 e. The van der Waals surface area contributed by atoms with E-state index >= 15 is 0 Å². The standard InChI is InChI=1S/C11H10O3.C11H14O2.C10H12O2.C2H6.H2O/c12-10-7-9(11(13)14-10)6-8-4-2-1-3-5-8;1-9(11(12)13-2)8-10-6-4-3-5-7-10;1-8(10(11)12)7-9-5-3-2-4-6-9;1-2;/h1-5,9H,6-7H2;3-7,9H,8H2,1-2H3;2-6,8H,7H2,1H3,(H,11,12);1-2H3;1H2/t;9-;8-;;/m.10../s1. The lowest BCUT2D eigenvalue weighted by atomic mass is 9.98. The summed E-state index contributed by atoms with van der Waals surface area (Å²) in [6.45, 7) is 7.59. The van der Waals surface area contributed by atoms with Crippen LogP contribution >= 0.6 is 0 Å². The molecule has 0 aromatic heterocycles. The summed E-state index contributed by atoms with van der Waals surface area (Å²) in [5.74, 6) is -2.33. The minimum Gasteiger partial charge on any atom is -0.481 e. The van der Waals surface area contributed by atoms with Gasteiger partial charge in [0.1, 0.15) is 0 Å². The predicted octanol–water partition coefficient (Wildman–Crippen LogP) is 5.51. The molecule has 1 saturated heterocycles. The van der Waals surface area contributed by atoms with Gasteiger partial charge >= 0.3 is 23.9 Å². The van der Waals surface area contributed by atoms with Crippen LogP contribution in [0.3, 0.4) is 0 Å². The average Bonchev–Trinajstić information content (AvgIpc) is 3.31. The lowest BCUT2D eigenvalue weighted by Crippen LogP contribution is -2.14. The van der Waals surface area contributed by atoms with Gasteiger partial charge in [0, 0.05) is 0 Å². The molecule has 0 spiro atoms. The summed E-state index contributed by atoms with van der Waals surface area (Å²) in [6.07, 6.45) is 2.16. The van der Waals surface area contributed by atoms with Gasteiger partial charge in [0.25, 0.3) is 0 Å². The second-order valence-electron chi connectivity index (χ2n) is 9.43. The maximum absolute atomic E-state index is 11.1. The molecule has 0 amide bonds. The summed E-state index contributed by atoms with van der Waals surface area (Å²) >= 11 is 0. The summed E-state index contributed by atoms with van der Waals surface area (Å²) in [4.78, 5) is 43.6. The number of cyclic esters (lactones) is 2. The molecule has 4 rings (SSSR count). The molecule has 3 atom stereocenters. The third-order valence-electron chi connectivity index (χ3n) is 6.08. The van der Waals surface area contributed by atoms with Crippen molar-refractivity contribution >= 4 is 23.9 Å². The van der Waals surface area contributed by atoms with Gasteiger partial charge in [-0.25, -0.2) is 0 Å². The average molecular weight is 581 g/mol. The molecule has 3 aromatic rings. The molecule has 42 heavy (non-hydrogen) atoms. The first-order valence-corrected chi connectivity index (χ1v) is 13.9. The molecule has 0 aliphatic carbocycles. The Balaban J connectivity index is 0.000000578. The highest BCUT2D eigenvalue weighted by atomic mass is 16.6. The molecule has 1 unspecified atom stereocenters. The molecule has 3 N–H and O–H groups in total. The number of carbonyl (C=O) groups is 4. The Morgan fingerprint density at radius 2 is 1.19 bits per heavy atom. The molecule has 1 aliphatic rings. The number of methoxy groups -OCH3 is 1. The van der Waals surface area contributed by atoms with E-state index in [4.69, 9.17) is 5.11 Å². The third kappa shape index (κ3) is 14.9. The Hall–Kier alpha value is -4.30. The summed E-state index contributed by atoms with van der Waals surface area (Å²) in [7, 11) is 1.42. The number of benzene rings is 3. The first kappa shape index (κ1) is 37.7. The van der Waals surface area contributed by atoms with Crippen LogP contribution in [0, 0.1) is 17.8 Å². The molecule has 0 radical (unpaired) electrons. The maximum Gasteiger partial charge on any atom is 0.317 e. The molecule has 1 aliphatic heterocycles. The summed E-state index contributed by atoms with van der Waals surface area (Å²) in [5, 5.41) is 8.64. The SMILES string of the molecule is CC.COC(=O)[C@H](C)Cc1ccccc1.C[C@@H](Cc1ccccc1)C(=O)O.O.O=C1CC(Cc2ccccc2)C(=O)O1. The van der Waals surface area contributed by atoms with E-state index in [1.807, 2.05) is 112 Å². The van der Waals surface area contributed by atoms with Gasteiger partial charge in [0.2, 0.25) is 0 Å². The van der Waals surface area contributed by atoms with E-state index in [-0.39, 0.29) is 41.6 Å². The number of ether oxygens (including phenoxy) is 2. The van der Waals surface area contributed by atoms with Crippen molar-refractivity contribution in [2.45, 2.75) is 53.4 Å². The van der Waals surface area contributed by atoms with Crippen molar-refractivity contribution in [1.29, 1.82) is 0 Å². The number of carbonyl (C=O) groups excluding carboxylic acids is 3. The number of rotatable bonds is 8. The Labute approximate surface area is 249 Å². The van der Waals surface area contributed by atoms with E-state index in [0.29, 0.717) is 12.8 Å². The van der Waals surface area contributed by atoms with Crippen LogP contribution in [0.15, 0.2) is 91.0 Å². The molecular weight excluding hydrogens is 536 g/mol. The highest BCUT2D eigenvalue weighted by Gasteiger charge is 2.33. The molecule has 0 bridgehead atoms. The second-order valence-corrected chi connectivity index (χ2v) is 9.43. The van der Waals surface area contributed by atoms with Crippen molar-refractivity contribution in [1.82, 2.24) is 0 Å². The Kier molecular flexibility index (Phi) is 19.3. The molecule has 1 fully saturated rings. The fraction of sp³-hybridized carbons (Fsp3) is 0.353. The number of carboxylic acid groups (broad SMARTS) is 1. The summed E-state index contributed by atoms with van der Waals surface area (Å²) in [5.41, 5.74) is 3.30. The zero-order valence-electron chi connectivity index (χ0n) is 25.1. The first-order valence-electron chi connectivity index (χ1n) is 13.9. The third-order valence-corrected chi connectivity index (χ3v) is 6.08. The zero-order valence-corrected chi connectivity index (χ0v) is 25.1. The van der Waals surface area contributed by atoms with Crippen LogP contribution in [0.5, 0.6) is 0 Å². The molecule has 1 heterocycles. The highest BCUT2D eigenvalue weighted by Crippen LogP contribution is 2.20. The van der Waals surface area contributed by atoms with Crippen molar-refractivity contribution in [3.05, 3.63) is 108 Å². The smallest absolute Gasteiger partial charge is 0.317 e. The normalized spacial score (nSPS) is 14.5. The van der Waals surface area contributed by atoms with Crippen molar-refractivity contribution in [3.63, 3.8) is 0 Å². The van der Waals surface area contributed by atoms with E-state index in [1.165, 1.54) is 12.7 Å². The van der Waals surface area contributed by atoms with Gasteiger partial charge in [-0.2, -0.15) is 0 Å². The highest BCUT2D eigenvalue weighted by molar-refractivity contribution is 5.94. The molecule has 0 saturated carbocycles. The number of esters is 3. The minimum atomic E-state index is -0.737. The van der Waals surface area contributed by atoms with Gasteiger partial charge in [-0.15, -0.1) is 0 Å². The molecular formula is C34H44O8. The van der Waals surface area contributed by atoms with Crippen molar-refractivity contribution in [3.8, 4) is 0 Å². The lowest BCUT2D eigenvalue weighted by Gasteiger charge is -2.08. The number of hydrogen-bond acceptors (Lipinski definition) is 6. The van der Waals surface area contributed by atoms with Gasteiger partial charge in [-0.05, 0) is 36.0 Å². The van der Waals surface area contributed by atoms with Crippen LogP contribution in [0.4, 0.5) is 0 Å². The molecule has 228 valence electrons. The van der Waals surface area contributed by atoms with Gasteiger partial charge in [-0.3, -0.25) is 19.2 Å². The van der Waals surface area contributed by atoms with E-state index < -0.39 is 11.9 Å². The van der Waals surface area contributed by atoms with Crippen molar-refractivity contribution < 1.29 is 39.2 Å². The van der Waals surface area contributed by atoms with Gasteiger partial charge in [0.15, 0.2) is 0 Å². The fourth-order valence-electron chi connectivity index (χ4n) is 3.88. The number of aliphatic carboxylic acids is 1. The monoisotopic (exact) mass is 580 g/mol. The van der Waals surface area contributed by atoms with E-state index in [9.17, 15) is 19.2 Å². The molecule has 3 aromatic carbocycles. The van der Waals surface area contributed by atoms with Gasteiger partial charge < -0.3 is 20.1 Å². The topological polar surface area (TPSA) is 138 Å². The van der Waals surface area contributed by atoms with E-state index in [1.54, 1.807) is 6.92 Å². The predicted molar refractivity (Wildman–Crippen MR) is 163 cm³/mol. The maximum atomic E-state index is 11.1. The zero-order chi connectivity index (χ0) is 30.6. The van der Waals surface area contributed by atoms with Crippen LogP contribution < -0.4 is 0 Å². The summed E-state index contributed by atoms with van der Waals surface area (Å²) in [6, 6.07) is 29.2. The molecule has 8 heteroatoms. The van der Waals surface area contributed by atoms with Gasteiger partial charge in [0.05, 0.1) is 31.3 Å². The second kappa shape index (κ2) is 21.4. The first-order chi connectivity index (χ1) is 19.7. The van der Waals surface area contributed by atoms with E-state index in [2.05, 4.69) is 9.47 Å². The fourth-order valence-corrected chi connectivity index (χ4v) is 3.88. The van der Waals surface area contributed by atoms with Crippen LogP contribution in [0.1, 0.15) is 50.8 Å². The number of hydrogen-bond donors (Lipinski definition) is 1. The quantitative estimate of drug-likeness (QED) is 0.274. The minimum absolute atomic E-state index is 0. The van der Waals surface area contributed by atoms with Crippen molar-refractivity contribution in [2.24, 2.45) is 17.8 Å². The van der Waals surface area contributed by atoms with Crippen LogP contribution in [0.25, 0.3) is 0 Å². The number of carboxylic acids is 1.